The fourth-order valence-corrected chi connectivity index (χ4v) is 1.89. The standard InChI is InChI=1S/C9H12N.C8H8.C4H8O.Lu/c1-10(2)8-9-6-4-3-5-7-9;1-2-4-6-8-7-5-3-1;1-2-4-5-3-1;/h3-6H,8H2,1-2H3;1-8H;1-4H2;/q-1;;;. The fourth-order valence-electron chi connectivity index (χ4n) is 1.89. The average molecular weight is 485 g/mol. The summed E-state index contributed by atoms with van der Waals surface area (Å²) in [5.41, 5.74) is 1.24. The Bertz CT molecular complexity index is 321. The molecule has 2 nitrogen and oxygen atoms in total. The molecule has 1 saturated carbocycles. The van der Waals surface area contributed by atoms with Gasteiger partial charge in [-0.05, 0) is 78.3 Å². The van der Waals surface area contributed by atoms with Crippen LogP contribution in [-0.2, 0) is 11.3 Å². The van der Waals surface area contributed by atoms with Crippen molar-refractivity contribution in [2.24, 2.45) is 0 Å². The topological polar surface area (TPSA) is 12.5 Å². The van der Waals surface area contributed by atoms with Gasteiger partial charge in [0.15, 0.2) is 0 Å². The predicted molar refractivity (Wildman–Crippen MR) is 97.1 cm³/mol. The van der Waals surface area contributed by atoms with E-state index in [1.807, 2.05) is 69.6 Å². The van der Waals surface area contributed by atoms with Gasteiger partial charge < -0.3 is 9.64 Å². The Morgan fingerprint density at radius 1 is 0.875 bits per heavy atom. The van der Waals surface area contributed by atoms with Crippen molar-refractivity contribution in [2.45, 2.75) is 19.4 Å². The molecule has 0 bridgehead atoms. The van der Waals surface area contributed by atoms with Crippen LogP contribution in [0.2, 0.25) is 0 Å². The molecule has 1 heterocycles. The second-order valence-corrected chi connectivity index (χ2v) is 5.48. The van der Waals surface area contributed by atoms with Crippen LogP contribution in [0.1, 0.15) is 18.4 Å². The Morgan fingerprint density at radius 3 is 1.67 bits per heavy atom. The van der Waals surface area contributed by atoms with Gasteiger partial charge in [0.05, 0.1) is 0 Å². The van der Waals surface area contributed by atoms with E-state index in [0.717, 1.165) is 19.8 Å². The average Bonchev–Trinajstić information content (AvgIpc) is 3.07. The number of nitrogens with zero attached hydrogens (tertiary/aromatic N) is 1. The van der Waals surface area contributed by atoms with E-state index < -0.39 is 0 Å². The second-order valence-electron chi connectivity index (χ2n) is 5.48. The van der Waals surface area contributed by atoms with Gasteiger partial charge in [0.25, 0.3) is 0 Å². The van der Waals surface area contributed by atoms with E-state index in [0.29, 0.717) is 0 Å². The monoisotopic (exact) mass is 485 g/mol. The molecule has 9 radical (unpaired) electrons. The molecule has 3 rings (SSSR count). The van der Waals surface area contributed by atoms with Crippen molar-refractivity contribution in [1.82, 2.24) is 4.90 Å². The predicted octanol–water partition coefficient (Wildman–Crippen LogP) is 3.98. The zero-order chi connectivity index (χ0) is 16.6. The zero-order valence-corrected chi connectivity index (χ0v) is 16.2. The molecule has 1 aliphatic carbocycles. The first-order chi connectivity index (χ1) is 11.3. The number of ether oxygens (including phenoxy) is 1. The molecule has 24 heavy (non-hydrogen) atoms. The largest absolute Gasteiger partial charge is 0.381 e. The summed E-state index contributed by atoms with van der Waals surface area (Å²) < 4.78 is 4.94. The van der Waals surface area contributed by atoms with Crippen molar-refractivity contribution >= 4 is 0 Å². The van der Waals surface area contributed by atoms with Crippen molar-refractivity contribution in [1.29, 1.82) is 0 Å². The molecule has 3 heteroatoms. The van der Waals surface area contributed by atoms with E-state index in [2.05, 4.69) is 31.1 Å². The molecule has 1 aromatic rings. The van der Waals surface area contributed by atoms with Gasteiger partial charge in [0.1, 0.15) is 0 Å². The Morgan fingerprint density at radius 2 is 1.38 bits per heavy atom. The van der Waals surface area contributed by atoms with Crippen molar-refractivity contribution in [2.75, 3.05) is 27.3 Å². The van der Waals surface area contributed by atoms with Gasteiger partial charge in [0, 0.05) is 56.6 Å². The summed E-state index contributed by atoms with van der Waals surface area (Å²) >= 11 is 0. The molecule has 1 aromatic carbocycles. The summed E-state index contributed by atoms with van der Waals surface area (Å²) in [7, 11) is 4.11. The van der Waals surface area contributed by atoms with E-state index in [1.54, 1.807) is 0 Å². The first-order valence-electron chi connectivity index (χ1n) is 8.14. The summed E-state index contributed by atoms with van der Waals surface area (Å²) in [6.07, 6.45) is 18.6. The number of hydrogen-bond donors (Lipinski definition) is 0. The molecule has 2 fully saturated rings. The van der Waals surface area contributed by atoms with E-state index in [9.17, 15) is 0 Å². The molecule has 0 aromatic heterocycles. The van der Waals surface area contributed by atoms with E-state index in [4.69, 9.17) is 4.74 Å². The SMILES string of the molecule is C1CCOC1.CN(C)Cc1[c-]cccc1.[CH]1[CH][CH][CH][CH][CH][CH][CH]1.[Lu]. The van der Waals surface area contributed by atoms with Crippen LogP contribution < -0.4 is 0 Å². The second kappa shape index (κ2) is 18.2. The summed E-state index contributed by atoms with van der Waals surface area (Å²) in [5.74, 6) is 0. The fraction of sp³-hybridized carbons (Fsp3) is 0.333. The summed E-state index contributed by atoms with van der Waals surface area (Å²) in [4.78, 5) is 2.13. The third kappa shape index (κ3) is 15.9. The number of hydrogen-bond acceptors (Lipinski definition) is 2. The zero-order valence-electron chi connectivity index (χ0n) is 14.6. The summed E-state index contributed by atoms with van der Waals surface area (Å²) in [5, 5.41) is 0. The van der Waals surface area contributed by atoms with Crippen molar-refractivity contribution < 1.29 is 41.6 Å². The van der Waals surface area contributed by atoms with Crippen LogP contribution in [0, 0.1) is 94.3 Å². The van der Waals surface area contributed by atoms with Crippen LogP contribution in [0.15, 0.2) is 24.3 Å². The molecule has 2 aliphatic rings. The van der Waals surface area contributed by atoms with Gasteiger partial charge in [-0.25, -0.2) is 0 Å². The molecule has 0 unspecified atom stereocenters. The van der Waals surface area contributed by atoms with Crippen molar-refractivity contribution in [3.05, 3.63) is 87.3 Å². The molecule has 0 atom stereocenters. The molecule has 139 valence electrons. The van der Waals surface area contributed by atoms with E-state index in [1.165, 1.54) is 18.4 Å². The van der Waals surface area contributed by atoms with Crippen LogP contribution in [0.4, 0.5) is 0 Å². The Kier molecular flexibility index (Phi) is 18.5. The molecule has 1 aliphatic heterocycles. The maximum atomic E-state index is 4.94. The Balaban J connectivity index is 0.000000340. The van der Waals surface area contributed by atoms with Crippen LogP contribution in [0.3, 0.4) is 0 Å². The first kappa shape index (κ1) is 24.4. The smallest absolute Gasteiger partial charge is 0.0466 e. The molecular formula is C21H28LuNO-. The van der Waals surface area contributed by atoms with Crippen LogP contribution in [-0.4, -0.2) is 32.2 Å². The van der Waals surface area contributed by atoms with Gasteiger partial charge in [-0.3, -0.25) is 0 Å². The molecule has 1 saturated heterocycles. The minimum Gasteiger partial charge on any atom is -0.381 e. The molecule has 0 spiro atoms. The first-order valence-corrected chi connectivity index (χ1v) is 8.14. The molecule has 0 amide bonds. The number of benzene rings is 1. The summed E-state index contributed by atoms with van der Waals surface area (Å²) in [6, 6.07) is 11.2. The Labute approximate surface area is 179 Å². The normalized spacial score (nSPS) is 17.3. The third-order valence-corrected chi connectivity index (χ3v) is 2.98. The minimum absolute atomic E-state index is 0. The minimum atomic E-state index is 0. The van der Waals surface area contributed by atoms with Gasteiger partial charge in [-0.15, -0.1) is 5.56 Å². The van der Waals surface area contributed by atoms with E-state index >= 15 is 0 Å². The van der Waals surface area contributed by atoms with Crippen LogP contribution >= 0.6 is 0 Å². The van der Waals surface area contributed by atoms with Crippen molar-refractivity contribution in [3.63, 3.8) is 0 Å². The van der Waals surface area contributed by atoms with Crippen molar-refractivity contribution in [3.8, 4) is 0 Å². The van der Waals surface area contributed by atoms with Gasteiger partial charge in [0.2, 0.25) is 0 Å². The quantitative estimate of drug-likeness (QED) is 0.588. The maximum absolute atomic E-state index is 4.94. The van der Waals surface area contributed by atoms with Crippen LogP contribution in [0.5, 0.6) is 0 Å². The van der Waals surface area contributed by atoms with Crippen LogP contribution in [0.25, 0.3) is 0 Å². The summed E-state index contributed by atoms with van der Waals surface area (Å²) in [6.45, 7) is 2.97. The Hall–Kier alpha value is 0.374. The maximum Gasteiger partial charge on any atom is 0.0466 e. The van der Waals surface area contributed by atoms with E-state index in [-0.39, 0.29) is 36.9 Å². The van der Waals surface area contributed by atoms with Gasteiger partial charge >= 0.3 is 0 Å². The van der Waals surface area contributed by atoms with Gasteiger partial charge in [-0.2, -0.15) is 30.3 Å². The molecular weight excluding hydrogens is 457 g/mol. The van der Waals surface area contributed by atoms with Gasteiger partial charge in [-0.1, -0.05) is 0 Å². The number of rotatable bonds is 2. The third-order valence-electron chi connectivity index (χ3n) is 2.98. The molecule has 0 N–H and O–H groups in total.